The minimum Gasteiger partial charge on any atom is -0.380 e. The van der Waals surface area contributed by atoms with E-state index in [1.165, 1.54) is 11.3 Å². The summed E-state index contributed by atoms with van der Waals surface area (Å²) < 4.78 is 5.99. The van der Waals surface area contributed by atoms with E-state index >= 15 is 0 Å². The number of ether oxygens (including phenoxy) is 1. The molecule has 2 heterocycles. The third-order valence-electron chi connectivity index (χ3n) is 3.80. The van der Waals surface area contributed by atoms with Crippen LogP contribution in [0.4, 0.5) is 5.69 Å². The second-order valence-electron chi connectivity index (χ2n) is 5.34. The molecule has 1 aromatic carbocycles. The number of hydrogen-bond donors (Lipinski definition) is 2. The van der Waals surface area contributed by atoms with Crippen LogP contribution >= 0.6 is 0 Å². The molecule has 17 heavy (non-hydrogen) atoms. The highest BCUT2D eigenvalue weighted by molar-refractivity contribution is 5.46. The summed E-state index contributed by atoms with van der Waals surface area (Å²) in [6, 6.07) is 9.00. The largest absolute Gasteiger partial charge is 0.380 e. The van der Waals surface area contributed by atoms with Gasteiger partial charge in [0.1, 0.15) is 0 Å². The van der Waals surface area contributed by atoms with E-state index in [0.717, 1.165) is 32.5 Å². The molecule has 2 aliphatic rings. The molecule has 0 radical (unpaired) electrons. The molecule has 0 amide bonds. The molecule has 3 nitrogen and oxygen atoms in total. The molecule has 2 N–H and O–H groups in total. The third kappa shape index (κ3) is 2.31. The molecule has 0 aliphatic carbocycles. The van der Waals surface area contributed by atoms with Gasteiger partial charge >= 0.3 is 0 Å². The van der Waals surface area contributed by atoms with Crippen molar-refractivity contribution in [2.45, 2.75) is 31.4 Å². The quantitative estimate of drug-likeness (QED) is 0.817. The molecule has 2 fully saturated rings. The zero-order valence-corrected chi connectivity index (χ0v) is 10.3. The van der Waals surface area contributed by atoms with E-state index in [-0.39, 0.29) is 5.60 Å². The first-order valence-corrected chi connectivity index (χ1v) is 6.44. The fourth-order valence-electron chi connectivity index (χ4n) is 2.93. The van der Waals surface area contributed by atoms with Crippen LogP contribution in [0.2, 0.25) is 0 Å². The van der Waals surface area contributed by atoms with Crippen molar-refractivity contribution in [3.05, 3.63) is 29.8 Å². The smallest absolute Gasteiger partial charge is 0.0839 e. The van der Waals surface area contributed by atoms with Gasteiger partial charge in [0.05, 0.1) is 18.2 Å². The Labute approximate surface area is 103 Å². The summed E-state index contributed by atoms with van der Waals surface area (Å²) in [7, 11) is 0. The predicted octanol–water partition coefficient (Wildman–Crippen LogP) is 1.93. The van der Waals surface area contributed by atoms with Gasteiger partial charge in [0, 0.05) is 18.7 Å². The molecule has 0 saturated carbocycles. The van der Waals surface area contributed by atoms with E-state index in [2.05, 4.69) is 41.8 Å². The van der Waals surface area contributed by atoms with Crippen molar-refractivity contribution in [1.82, 2.24) is 5.32 Å². The molecule has 0 bridgehead atoms. The summed E-state index contributed by atoms with van der Waals surface area (Å²) >= 11 is 0. The van der Waals surface area contributed by atoms with Crippen molar-refractivity contribution in [3.8, 4) is 0 Å². The standard InChI is InChI=1S/C14H20N2O/c1-11-3-2-4-12(7-11)16-13-8-14(17-9-13)5-6-15-10-14/h2-4,7,13,15-16H,5-6,8-10H2,1H3. The maximum absolute atomic E-state index is 5.99. The van der Waals surface area contributed by atoms with Crippen molar-refractivity contribution < 1.29 is 4.74 Å². The third-order valence-corrected chi connectivity index (χ3v) is 3.80. The topological polar surface area (TPSA) is 33.3 Å². The first-order chi connectivity index (χ1) is 8.26. The molecular weight excluding hydrogens is 212 g/mol. The van der Waals surface area contributed by atoms with Gasteiger partial charge < -0.3 is 15.4 Å². The highest BCUT2D eigenvalue weighted by Crippen LogP contribution is 2.32. The minimum absolute atomic E-state index is 0.113. The van der Waals surface area contributed by atoms with E-state index in [9.17, 15) is 0 Å². The first kappa shape index (κ1) is 11.1. The fraction of sp³-hybridized carbons (Fsp3) is 0.571. The molecular formula is C14H20N2O. The van der Waals surface area contributed by atoms with Crippen LogP contribution in [0.1, 0.15) is 18.4 Å². The predicted molar refractivity (Wildman–Crippen MR) is 69.4 cm³/mol. The normalized spacial score (nSPS) is 32.2. The Morgan fingerprint density at radius 1 is 1.47 bits per heavy atom. The van der Waals surface area contributed by atoms with E-state index in [1.54, 1.807) is 0 Å². The molecule has 3 heteroatoms. The molecule has 0 aromatic heterocycles. The Morgan fingerprint density at radius 2 is 2.41 bits per heavy atom. The number of hydrogen-bond acceptors (Lipinski definition) is 3. The summed E-state index contributed by atoms with van der Waals surface area (Å²) in [5.74, 6) is 0. The Bertz CT molecular complexity index is 399. The second kappa shape index (κ2) is 4.31. The molecule has 2 aliphatic heterocycles. The van der Waals surface area contributed by atoms with Crippen LogP contribution in [0, 0.1) is 6.92 Å². The van der Waals surface area contributed by atoms with Crippen LogP contribution in [0.15, 0.2) is 24.3 Å². The maximum Gasteiger partial charge on any atom is 0.0839 e. The minimum atomic E-state index is 0.113. The van der Waals surface area contributed by atoms with Gasteiger partial charge in [-0.3, -0.25) is 0 Å². The van der Waals surface area contributed by atoms with E-state index < -0.39 is 0 Å². The van der Waals surface area contributed by atoms with Gasteiger partial charge in [-0.1, -0.05) is 12.1 Å². The monoisotopic (exact) mass is 232 g/mol. The van der Waals surface area contributed by atoms with Crippen molar-refractivity contribution >= 4 is 5.69 Å². The van der Waals surface area contributed by atoms with Crippen LogP contribution in [0.5, 0.6) is 0 Å². The van der Waals surface area contributed by atoms with Crippen LogP contribution in [0.25, 0.3) is 0 Å². The maximum atomic E-state index is 5.99. The number of aryl methyl sites for hydroxylation is 1. The molecule has 2 saturated heterocycles. The van der Waals surface area contributed by atoms with Crippen LogP contribution in [-0.2, 0) is 4.74 Å². The van der Waals surface area contributed by atoms with Gasteiger partial charge in [-0.2, -0.15) is 0 Å². The van der Waals surface area contributed by atoms with Crippen molar-refractivity contribution in [3.63, 3.8) is 0 Å². The molecule has 92 valence electrons. The Kier molecular flexibility index (Phi) is 2.81. The number of nitrogens with one attached hydrogen (secondary N) is 2. The average molecular weight is 232 g/mol. The van der Waals surface area contributed by atoms with Crippen molar-refractivity contribution in [1.29, 1.82) is 0 Å². The molecule has 1 aromatic rings. The summed E-state index contributed by atoms with van der Waals surface area (Å²) in [4.78, 5) is 0. The van der Waals surface area contributed by atoms with Gasteiger partial charge in [-0.15, -0.1) is 0 Å². The lowest BCUT2D eigenvalue weighted by Gasteiger charge is -2.20. The molecule has 2 atom stereocenters. The van der Waals surface area contributed by atoms with Crippen LogP contribution in [0.3, 0.4) is 0 Å². The molecule has 2 unspecified atom stereocenters. The van der Waals surface area contributed by atoms with E-state index in [1.807, 2.05) is 0 Å². The van der Waals surface area contributed by atoms with Gasteiger partial charge in [-0.25, -0.2) is 0 Å². The van der Waals surface area contributed by atoms with E-state index in [4.69, 9.17) is 4.74 Å². The first-order valence-electron chi connectivity index (χ1n) is 6.44. The zero-order chi connectivity index (χ0) is 11.7. The fourth-order valence-corrected chi connectivity index (χ4v) is 2.93. The molecule has 1 spiro atoms. The lowest BCUT2D eigenvalue weighted by atomic mass is 9.97. The highest BCUT2D eigenvalue weighted by atomic mass is 16.5. The number of benzene rings is 1. The number of anilines is 1. The second-order valence-corrected chi connectivity index (χ2v) is 5.34. The van der Waals surface area contributed by atoms with Crippen LogP contribution < -0.4 is 10.6 Å². The Hall–Kier alpha value is -1.06. The summed E-state index contributed by atoms with van der Waals surface area (Å²) in [5.41, 5.74) is 2.62. The lowest BCUT2D eigenvalue weighted by molar-refractivity contribution is 0.0214. The van der Waals surface area contributed by atoms with Crippen molar-refractivity contribution in [2.75, 3.05) is 25.0 Å². The summed E-state index contributed by atoms with van der Waals surface area (Å²) in [6.07, 6.45) is 2.27. The molecule has 3 rings (SSSR count). The Balaban J connectivity index is 1.64. The van der Waals surface area contributed by atoms with Crippen LogP contribution in [-0.4, -0.2) is 31.3 Å². The zero-order valence-electron chi connectivity index (χ0n) is 10.3. The SMILES string of the molecule is Cc1cccc(NC2COC3(CCNC3)C2)c1. The summed E-state index contributed by atoms with van der Waals surface area (Å²) in [5, 5.41) is 6.98. The van der Waals surface area contributed by atoms with E-state index in [0.29, 0.717) is 6.04 Å². The van der Waals surface area contributed by atoms with Gasteiger partial charge in [-0.05, 0) is 37.6 Å². The summed E-state index contributed by atoms with van der Waals surface area (Å²) in [6.45, 7) is 5.06. The lowest BCUT2D eigenvalue weighted by Crippen LogP contribution is -2.31. The average Bonchev–Trinajstić information content (AvgIpc) is 2.90. The van der Waals surface area contributed by atoms with Gasteiger partial charge in [0.25, 0.3) is 0 Å². The Morgan fingerprint density at radius 3 is 3.18 bits per heavy atom. The van der Waals surface area contributed by atoms with Gasteiger partial charge in [0.2, 0.25) is 0 Å². The van der Waals surface area contributed by atoms with Gasteiger partial charge in [0.15, 0.2) is 0 Å². The van der Waals surface area contributed by atoms with Crippen molar-refractivity contribution in [2.24, 2.45) is 0 Å². The number of rotatable bonds is 2. The highest BCUT2D eigenvalue weighted by Gasteiger charge is 2.42.